The van der Waals surface area contributed by atoms with E-state index in [0.29, 0.717) is 5.92 Å². The summed E-state index contributed by atoms with van der Waals surface area (Å²) in [5.41, 5.74) is 2.98. The quantitative estimate of drug-likeness (QED) is 0.889. The summed E-state index contributed by atoms with van der Waals surface area (Å²) in [6.07, 6.45) is 2.48. The van der Waals surface area contributed by atoms with Gasteiger partial charge in [-0.3, -0.25) is 5.10 Å². The van der Waals surface area contributed by atoms with E-state index < -0.39 is 0 Å². The van der Waals surface area contributed by atoms with Crippen LogP contribution in [0.5, 0.6) is 0 Å². The van der Waals surface area contributed by atoms with E-state index in [1.165, 1.54) is 30.7 Å². The molecule has 0 spiro atoms. The van der Waals surface area contributed by atoms with Gasteiger partial charge in [0.25, 0.3) is 0 Å². The van der Waals surface area contributed by atoms with Crippen molar-refractivity contribution in [1.82, 2.24) is 10.2 Å². The number of rotatable bonds is 2. The molecule has 0 amide bonds. The average Bonchev–Trinajstić information content (AvgIpc) is 2.98. The zero-order valence-corrected chi connectivity index (χ0v) is 10.1. The molecule has 2 aromatic rings. The Kier molecular flexibility index (Phi) is 2.32. The summed E-state index contributed by atoms with van der Waals surface area (Å²) in [5.74, 6) is 0.411. The van der Waals surface area contributed by atoms with E-state index in [4.69, 9.17) is 0 Å². The van der Waals surface area contributed by atoms with E-state index >= 15 is 0 Å². The first kappa shape index (κ1) is 10.0. The van der Waals surface area contributed by atoms with Crippen molar-refractivity contribution in [1.29, 1.82) is 0 Å². The Labute approximate surface area is 101 Å². The molecular formula is C12H10BrFN2. The lowest BCUT2D eigenvalue weighted by atomic mass is 10.1. The first-order chi connectivity index (χ1) is 7.74. The van der Waals surface area contributed by atoms with Crippen molar-refractivity contribution < 1.29 is 4.39 Å². The molecule has 16 heavy (non-hydrogen) atoms. The van der Waals surface area contributed by atoms with Crippen LogP contribution in [0.2, 0.25) is 0 Å². The Balaban J connectivity index is 2.00. The predicted octanol–water partition coefficient (Wildman–Crippen LogP) is 3.86. The van der Waals surface area contributed by atoms with Gasteiger partial charge in [0.2, 0.25) is 0 Å². The van der Waals surface area contributed by atoms with Crippen molar-refractivity contribution in [3.63, 3.8) is 0 Å². The third kappa shape index (κ3) is 1.78. The number of nitrogens with one attached hydrogen (secondary N) is 1. The fraction of sp³-hybridized carbons (Fsp3) is 0.250. The maximum atomic E-state index is 12.9. The number of aromatic amines is 1. The van der Waals surface area contributed by atoms with Crippen LogP contribution in [-0.2, 0) is 0 Å². The SMILES string of the molecule is Fc1ccc(-c2cc(C3CC3)[nH]n2)c(Br)c1. The highest BCUT2D eigenvalue weighted by molar-refractivity contribution is 9.10. The van der Waals surface area contributed by atoms with Crippen molar-refractivity contribution >= 4 is 15.9 Å². The third-order valence-electron chi connectivity index (χ3n) is 2.82. The molecule has 82 valence electrons. The molecule has 1 N–H and O–H groups in total. The maximum Gasteiger partial charge on any atom is 0.124 e. The molecule has 2 nitrogen and oxygen atoms in total. The lowest BCUT2D eigenvalue weighted by molar-refractivity contribution is 0.627. The molecule has 1 aromatic heterocycles. The van der Waals surface area contributed by atoms with E-state index in [2.05, 4.69) is 32.2 Å². The van der Waals surface area contributed by atoms with Gasteiger partial charge in [0, 0.05) is 21.6 Å². The topological polar surface area (TPSA) is 28.7 Å². The Morgan fingerprint density at radius 3 is 2.81 bits per heavy atom. The number of aromatic nitrogens is 2. The van der Waals surface area contributed by atoms with Gasteiger partial charge in [-0.05, 0) is 53.0 Å². The van der Waals surface area contributed by atoms with Gasteiger partial charge in [-0.1, -0.05) is 0 Å². The Hall–Kier alpha value is -1.16. The Bertz CT molecular complexity index is 532. The first-order valence-corrected chi connectivity index (χ1v) is 6.04. The van der Waals surface area contributed by atoms with Crippen LogP contribution in [0.15, 0.2) is 28.7 Å². The van der Waals surface area contributed by atoms with Crippen LogP contribution in [0.3, 0.4) is 0 Å². The molecule has 1 aliphatic rings. The van der Waals surface area contributed by atoms with E-state index in [9.17, 15) is 4.39 Å². The van der Waals surface area contributed by atoms with Crippen molar-refractivity contribution in [3.8, 4) is 11.3 Å². The van der Waals surface area contributed by atoms with Gasteiger partial charge in [-0.2, -0.15) is 5.10 Å². The largest absolute Gasteiger partial charge is 0.282 e. The molecule has 0 unspecified atom stereocenters. The van der Waals surface area contributed by atoms with E-state index in [0.717, 1.165) is 15.7 Å². The van der Waals surface area contributed by atoms with Crippen LogP contribution in [0.1, 0.15) is 24.5 Å². The summed E-state index contributed by atoms with van der Waals surface area (Å²) in [6, 6.07) is 6.70. The number of H-pyrrole nitrogens is 1. The summed E-state index contributed by atoms with van der Waals surface area (Å²) in [6.45, 7) is 0. The van der Waals surface area contributed by atoms with Crippen molar-refractivity contribution in [2.75, 3.05) is 0 Å². The van der Waals surface area contributed by atoms with Crippen LogP contribution in [0.4, 0.5) is 4.39 Å². The summed E-state index contributed by atoms with van der Waals surface area (Å²) in [4.78, 5) is 0. The van der Waals surface area contributed by atoms with Crippen LogP contribution < -0.4 is 0 Å². The molecule has 0 aliphatic heterocycles. The maximum absolute atomic E-state index is 12.9. The van der Waals surface area contributed by atoms with Crippen LogP contribution in [0, 0.1) is 5.82 Å². The van der Waals surface area contributed by atoms with Crippen LogP contribution in [-0.4, -0.2) is 10.2 Å². The first-order valence-electron chi connectivity index (χ1n) is 5.25. The fourth-order valence-electron chi connectivity index (χ4n) is 1.78. The van der Waals surface area contributed by atoms with Crippen molar-refractivity contribution in [2.24, 2.45) is 0 Å². The Morgan fingerprint density at radius 2 is 2.12 bits per heavy atom. The summed E-state index contributed by atoms with van der Waals surface area (Å²) in [7, 11) is 0. The molecule has 1 heterocycles. The normalized spacial score (nSPS) is 15.4. The standard InChI is InChI=1S/C12H10BrFN2/c13-10-5-8(14)3-4-9(10)12-6-11(15-16-12)7-1-2-7/h3-7H,1-2H2,(H,15,16). The van der Waals surface area contributed by atoms with Gasteiger partial charge in [0.15, 0.2) is 0 Å². The van der Waals surface area contributed by atoms with Gasteiger partial charge >= 0.3 is 0 Å². The van der Waals surface area contributed by atoms with Gasteiger partial charge in [0.1, 0.15) is 5.82 Å². The number of hydrogen-bond acceptors (Lipinski definition) is 1. The molecule has 1 saturated carbocycles. The highest BCUT2D eigenvalue weighted by Crippen LogP contribution is 2.40. The lowest BCUT2D eigenvalue weighted by Crippen LogP contribution is -1.82. The second-order valence-electron chi connectivity index (χ2n) is 4.11. The molecular weight excluding hydrogens is 271 g/mol. The third-order valence-corrected chi connectivity index (χ3v) is 3.48. The molecule has 0 saturated heterocycles. The highest BCUT2D eigenvalue weighted by Gasteiger charge is 2.25. The zero-order valence-electron chi connectivity index (χ0n) is 8.50. The number of nitrogens with zero attached hydrogens (tertiary/aromatic N) is 1. The summed E-state index contributed by atoms with van der Waals surface area (Å²) < 4.78 is 13.7. The molecule has 0 radical (unpaired) electrons. The van der Waals surface area contributed by atoms with Gasteiger partial charge in [0.05, 0.1) is 5.69 Å². The fourth-order valence-corrected chi connectivity index (χ4v) is 2.33. The second kappa shape index (κ2) is 3.70. The minimum Gasteiger partial charge on any atom is -0.282 e. The van der Waals surface area contributed by atoms with Gasteiger partial charge in [-0.15, -0.1) is 0 Å². The smallest absolute Gasteiger partial charge is 0.124 e. The lowest BCUT2D eigenvalue weighted by Gasteiger charge is -1.99. The minimum absolute atomic E-state index is 0.242. The minimum atomic E-state index is -0.242. The molecule has 1 fully saturated rings. The van der Waals surface area contributed by atoms with Crippen molar-refractivity contribution in [2.45, 2.75) is 18.8 Å². The second-order valence-corrected chi connectivity index (χ2v) is 4.96. The highest BCUT2D eigenvalue weighted by atomic mass is 79.9. The summed E-state index contributed by atoms with van der Waals surface area (Å²) in [5, 5.41) is 7.30. The predicted molar refractivity (Wildman–Crippen MR) is 63.7 cm³/mol. The zero-order chi connectivity index (χ0) is 11.1. The number of hydrogen-bond donors (Lipinski definition) is 1. The number of benzene rings is 1. The Morgan fingerprint density at radius 1 is 1.31 bits per heavy atom. The molecule has 0 bridgehead atoms. The molecule has 0 atom stereocenters. The number of halogens is 2. The van der Waals surface area contributed by atoms with E-state index in [-0.39, 0.29) is 5.82 Å². The van der Waals surface area contributed by atoms with E-state index in [1.807, 2.05) is 0 Å². The van der Waals surface area contributed by atoms with Gasteiger partial charge < -0.3 is 0 Å². The monoisotopic (exact) mass is 280 g/mol. The van der Waals surface area contributed by atoms with E-state index in [1.54, 1.807) is 6.07 Å². The van der Waals surface area contributed by atoms with Crippen molar-refractivity contribution in [3.05, 3.63) is 40.2 Å². The molecule has 4 heteroatoms. The van der Waals surface area contributed by atoms with Crippen LogP contribution >= 0.6 is 15.9 Å². The summed E-state index contributed by atoms with van der Waals surface area (Å²) >= 11 is 3.35. The van der Waals surface area contributed by atoms with Crippen LogP contribution in [0.25, 0.3) is 11.3 Å². The average molecular weight is 281 g/mol. The molecule has 1 aliphatic carbocycles. The molecule has 3 rings (SSSR count). The van der Waals surface area contributed by atoms with Gasteiger partial charge in [-0.25, -0.2) is 4.39 Å². The molecule has 1 aromatic carbocycles.